The molecule has 154 valence electrons. The van der Waals surface area contributed by atoms with Crippen molar-refractivity contribution in [3.05, 3.63) is 87.0 Å². The van der Waals surface area contributed by atoms with Crippen molar-refractivity contribution in [2.75, 3.05) is 12.4 Å². The normalized spacial score (nSPS) is 10.9. The number of aromatic nitrogens is 2. The third-order valence-corrected chi connectivity index (χ3v) is 5.02. The molecule has 0 aliphatic rings. The Hall–Kier alpha value is -3.45. The van der Waals surface area contributed by atoms with Crippen LogP contribution in [0.5, 0.6) is 11.5 Å². The zero-order valence-electron chi connectivity index (χ0n) is 16.1. The van der Waals surface area contributed by atoms with Crippen molar-refractivity contribution >= 4 is 28.3 Å². The minimum atomic E-state index is -0.330. The summed E-state index contributed by atoms with van der Waals surface area (Å²) in [6, 6.07) is 15.4. The van der Waals surface area contributed by atoms with E-state index in [9.17, 15) is 9.18 Å². The summed E-state index contributed by atoms with van der Waals surface area (Å²) >= 11 is 6.43. The zero-order chi connectivity index (χ0) is 21.1. The van der Waals surface area contributed by atoms with Crippen LogP contribution in [0.2, 0.25) is 5.02 Å². The van der Waals surface area contributed by atoms with Crippen molar-refractivity contribution in [1.29, 1.82) is 0 Å². The maximum atomic E-state index is 13.8. The van der Waals surface area contributed by atoms with Gasteiger partial charge >= 0.3 is 5.69 Å². The van der Waals surface area contributed by atoms with E-state index in [2.05, 4.69) is 15.3 Å². The van der Waals surface area contributed by atoms with Gasteiger partial charge in [-0.1, -0.05) is 29.8 Å². The van der Waals surface area contributed by atoms with E-state index in [1.54, 1.807) is 30.3 Å². The number of ether oxygens (including phenoxy) is 2. The maximum Gasteiger partial charge on any atom is 0.323 e. The largest absolute Gasteiger partial charge is 0.493 e. The first kappa shape index (κ1) is 19.8. The molecule has 0 bridgehead atoms. The molecule has 0 saturated carbocycles. The number of halogens is 2. The smallest absolute Gasteiger partial charge is 0.323 e. The monoisotopic (exact) mass is 427 g/mol. The topological polar surface area (TPSA) is 79.1 Å². The second kappa shape index (κ2) is 8.51. The summed E-state index contributed by atoms with van der Waals surface area (Å²) in [5, 5.41) is 3.76. The number of imidazole rings is 1. The highest BCUT2D eigenvalue weighted by molar-refractivity contribution is 6.31. The van der Waals surface area contributed by atoms with Crippen LogP contribution >= 0.6 is 11.6 Å². The predicted molar refractivity (Wildman–Crippen MR) is 115 cm³/mol. The number of anilines is 1. The fourth-order valence-electron chi connectivity index (χ4n) is 3.10. The average molecular weight is 428 g/mol. The fourth-order valence-corrected chi connectivity index (χ4v) is 3.32. The third-order valence-electron chi connectivity index (χ3n) is 4.67. The standard InChI is InChI=1S/C22H19ClFN3O3/c1-29-20-8-14(11-25-15-6-7-18-19(9-15)27-22(28)26-18)16(23)10-21(20)30-12-13-4-2-3-5-17(13)24/h2-10,25H,11-12H2,1H3,(H2,26,27,28). The summed E-state index contributed by atoms with van der Waals surface area (Å²) in [7, 11) is 1.53. The molecule has 0 fully saturated rings. The lowest BCUT2D eigenvalue weighted by Crippen LogP contribution is -2.03. The Morgan fingerprint density at radius 1 is 1.00 bits per heavy atom. The Morgan fingerprint density at radius 2 is 1.80 bits per heavy atom. The number of rotatable bonds is 7. The molecule has 8 heteroatoms. The van der Waals surface area contributed by atoms with E-state index in [0.717, 1.165) is 16.8 Å². The highest BCUT2D eigenvalue weighted by Crippen LogP contribution is 2.34. The van der Waals surface area contributed by atoms with Gasteiger partial charge < -0.3 is 24.8 Å². The van der Waals surface area contributed by atoms with Crippen LogP contribution in [0.3, 0.4) is 0 Å². The Balaban J connectivity index is 1.49. The molecular weight excluding hydrogens is 409 g/mol. The van der Waals surface area contributed by atoms with Gasteiger partial charge in [-0.3, -0.25) is 0 Å². The van der Waals surface area contributed by atoms with Crippen LogP contribution in [0.15, 0.2) is 59.4 Å². The first-order chi connectivity index (χ1) is 14.5. The lowest BCUT2D eigenvalue weighted by Gasteiger charge is -2.15. The molecular formula is C22H19ClFN3O3. The molecule has 0 atom stereocenters. The number of aromatic amines is 2. The number of H-pyrrole nitrogens is 2. The first-order valence-electron chi connectivity index (χ1n) is 9.22. The lowest BCUT2D eigenvalue weighted by molar-refractivity contribution is 0.279. The minimum absolute atomic E-state index is 0.0613. The SMILES string of the molecule is COc1cc(CNc2ccc3[nH]c(=O)[nH]c3c2)c(Cl)cc1OCc1ccccc1F. The van der Waals surface area contributed by atoms with Gasteiger partial charge in [0.25, 0.3) is 0 Å². The molecule has 0 aliphatic heterocycles. The first-order valence-corrected chi connectivity index (χ1v) is 9.60. The van der Waals surface area contributed by atoms with Crippen LogP contribution in [0.1, 0.15) is 11.1 Å². The predicted octanol–water partition coefficient (Wildman–Crippen LogP) is 4.85. The quantitative estimate of drug-likeness (QED) is 0.394. The van der Waals surface area contributed by atoms with Crippen LogP contribution in [0, 0.1) is 5.82 Å². The average Bonchev–Trinajstić information content (AvgIpc) is 3.11. The van der Waals surface area contributed by atoms with Crippen LogP contribution in [-0.2, 0) is 13.2 Å². The number of methoxy groups -OCH3 is 1. The van der Waals surface area contributed by atoms with Crippen molar-refractivity contribution in [1.82, 2.24) is 9.97 Å². The molecule has 4 rings (SSSR count). The van der Waals surface area contributed by atoms with Gasteiger partial charge in [-0.2, -0.15) is 0 Å². The second-order valence-corrected chi connectivity index (χ2v) is 7.07. The van der Waals surface area contributed by atoms with Gasteiger partial charge in [-0.25, -0.2) is 9.18 Å². The van der Waals surface area contributed by atoms with Gasteiger partial charge in [0.05, 0.1) is 18.1 Å². The van der Waals surface area contributed by atoms with Crippen LogP contribution in [0.25, 0.3) is 11.0 Å². The summed E-state index contributed by atoms with van der Waals surface area (Å²) in [5.41, 5.74) is 3.27. The maximum absolute atomic E-state index is 13.8. The van der Waals surface area contributed by atoms with E-state index >= 15 is 0 Å². The number of benzene rings is 3. The van der Waals surface area contributed by atoms with Crippen molar-refractivity contribution in [2.45, 2.75) is 13.2 Å². The van der Waals surface area contributed by atoms with Gasteiger partial charge in [0, 0.05) is 28.9 Å². The van der Waals surface area contributed by atoms with Crippen molar-refractivity contribution in [3.8, 4) is 11.5 Å². The van der Waals surface area contributed by atoms with E-state index in [4.69, 9.17) is 21.1 Å². The highest BCUT2D eigenvalue weighted by atomic mass is 35.5. The van der Waals surface area contributed by atoms with Gasteiger partial charge in [0.1, 0.15) is 12.4 Å². The van der Waals surface area contributed by atoms with E-state index in [0.29, 0.717) is 34.1 Å². The number of hydrogen-bond donors (Lipinski definition) is 3. The second-order valence-electron chi connectivity index (χ2n) is 6.67. The van der Waals surface area contributed by atoms with E-state index < -0.39 is 0 Å². The molecule has 0 amide bonds. The molecule has 1 aromatic heterocycles. The van der Waals surface area contributed by atoms with Crippen molar-refractivity contribution in [2.24, 2.45) is 0 Å². The fraction of sp³-hybridized carbons (Fsp3) is 0.136. The van der Waals surface area contributed by atoms with Crippen LogP contribution in [0.4, 0.5) is 10.1 Å². The molecule has 6 nitrogen and oxygen atoms in total. The van der Waals surface area contributed by atoms with Crippen molar-refractivity contribution in [3.63, 3.8) is 0 Å². The Bertz CT molecular complexity index is 1250. The van der Waals surface area contributed by atoms with E-state index in [1.807, 2.05) is 18.2 Å². The van der Waals surface area contributed by atoms with E-state index in [-0.39, 0.29) is 18.1 Å². The molecule has 0 spiro atoms. The summed E-state index contributed by atoms with van der Waals surface area (Å²) in [6.45, 7) is 0.495. The summed E-state index contributed by atoms with van der Waals surface area (Å²) in [6.07, 6.45) is 0. The summed E-state index contributed by atoms with van der Waals surface area (Å²) < 4.78 is 25.0. The molecule has 0 unspecified atom stereocenters. The summed E-state index contributed by atoms with van der Waals surface area (Å²) in [5.74, 6) is 0.600. The lowest BCUT2D eigenvalue weighted by atomic mass is 10.2. The molecule has 0 saturated heterocycles. The molecule has 30 heavy (non-hydrogen) atoms. The molecule has 3 N–H and O–H groups in total. The Morgan fingerprint density at radius 3 is 2.60 bits per heavy atom. The highest BCUT2D eigenvalue weighted by Gasteiger charge is 2.12. The Labute approximate surface area is 176 Å². The molecule has 0 aliphatic carbocycles. The number of fused-ring (bicyclic) bond motifs is 1. The summed E-state index contributed by atoms with van der Waals surface area (Å²) in [4.78, 5) is 16.8. The molecule has 3 aromatic carbocycles. The Kier molecular flexibility index (Phi) is 5.63. The number of nitrogens with one attached hydrogen (secondary N) is 3. The van der Waals surface area contributed by atoms with Gasteiger partial charge in [0.2, 0.25) is 0 Å². The van der Waals surface area contributed by atoms with Gasteiger partial charge in [0.15, 0.2) is 11.5 Å². The third kappa shape index (κ3) is 4.26. The van der Waals surface area contributed by atoms with Gasteiger partial charge in [-0.05, 0) is 35.9 Å². The van der Waals surface area contributed by atoms with Gasteiger partial charge in [-0.15, -0.1) is 0 Å². The molecule has 1 heterocycles. The van der Waals surface area contributed by atoms with Crippen LogP contribution in [-0.4, -0.2) is 17.1 Å². The number of hydrogen-bond acceptors (Lipinski definition) is 4. The van der Waals surface area contributed by atoms with E-state index in [1.165, 1.54) is 13.2 Å². The van der Waals surface area contributed by atoms with Crippen LogP contribution < -0.4 is 20.5 Å². The zero-order valence-corrected chi connectivity index (χ0v) is 16.8. The molecule has 4 aromatic rings. The minimum Gasteiger partial charge on any atom is -0.493 e. The van der Waals surface area contributed by atoms with Crippen molar-refractivity contribution < 1.29 is 13.9 Å². The molecule has 0 radical (unpaired) electrons.